The topological polar surface area (TPSA) is 57.6 Å². The van der Waals surface area contributed by atoms with Crippen molar-refractivity contribution in [2.24, 2.45) is 11.8 Å². The highest BCUT2D eigenvalue weighted by Gasteiger charge is 2.50. The monoisotopic (exact) mass is 307 g/mol. The predicted molar refractivity (Wildman–Crippen MR) is 85.4 cm³/mol. The molecule has 1 amide bonds. The third kappa shape index (κ3) is 2.40. The van der Waals surface area contributed by atoms with Gasteiger partial charge in [0.05, 0.1) is 11.8 Å². The van der Waals surface area contributed by atoms with E-state index >= 15 is 0 Å². The third-order valence-corrected chi connectivity index (χ3v) is 4.78. The van der Waals surface area contributed by atoms with E-state index in [0.29, 0.717) is 19.5 Å². The second kappa shape index (κ2) is 5.23. The third-order valence-electron chi connectivity index (χ3n) is 4.78. The Labute approximate surface area is 134 Å². The number of carboxylic acids is 1. The molecule has 2 aliphatic rings. The van der Waals surface area contributed by atoms with Gasteiger partial charge >= 0.3 is 5.97 Å². The van der Waals surface area contributed by atoms with Gasteiger partial charge in [0.15, 0.2) is 0 Å². The van der Waals surface area contributed by atoms with Crippen LogP contribution in [0, 0.1) is 11.8 Å². The number of hydrogen-bond acceptors (Lipinski definition) is 2. The second-order valence-corrected chi connectivity index (χ2v) is 6.30. The quantitative estimate of drug-likeness (QED) is 0.928. The molecule has 4 nitrogen and oxygen atoms in total. The average Bonchev–Trinajstić information content (AvgIpc) is 3.36. The zero-order valence-corrected chi connectivity index (χ0v) is 12.6. The SMILES string of the molecule is O=C(O)[C@H]1C[C@H]1C(=O)N1Cc2ccccc2-c2ccccc2C1. The van der Waals surface area contributed by atoms with Gasteiger partial charge in [-0.25, -0.2) is 0 Å². The summed E-state index contributed by atoms with van der Waals surface area (Å²) in [6.45, 7) is 1.07. The van der Waals surface area contributed by atoms with Crippen LogP contribution in [0.3, 0.4) is 0 Å². The van der Waals surface area contributed by atoms with E-state index in [9.17, 15) is 9.59 Å². The van der Waals surface area contributed by atoms with E-state index in [4.69, 9.17) is 5.11 Å². The molecule has 1 N–H and O–H groups in total. The molecule has 2 atom stereocenters. The fourth-order valence-corrected chi connectivity index (χ4v) is 3.44. The molecular weight excluding hydrogens is 290 g/mol. The summed E-state index contributed by atoms with van der Waals surface area (Å²) in [5.41, 5.74) is 4.53. The van der Waals surface area contributed by atoms with Gasteiger partial charge in [0.25, 0.3) is 0 Å². The maximum Gasteiger partial charge on any atom is 0.307 e. The number of amides is 1. The molecule has 4 rings (SSSR count). The van der Waals surface area contributed by atoms with Gasteiger partial charge in [0, 0.05) is 13.1 Å². The molecule has 1 saturated carbocycles. The summed E-state index contributed by atoms with van der Waals surface area (Å²) in [5.74, 6) is -1.76. The van der Waals surface area contributed by atoms with Crippen molar-refractivity contribution >= 4 is 11.9 Å². The Balaban J connectivity index is 1.70. The molecule has 0 unspecified atom stereocenters. The lowest BCUT2D eigenvalue weighted by atomic mass is 9.97. The summed E-state index contributed by atoms with van der Waals surface area (Å²) in [4.78, 5) is 25.6. The van der Waals surface area contributed by atoms with Gasteiger partial charge in [0.2, 0.25) is 5.91 Å². The number of nitrogens with zero attached hydrogens (tertiary/aromatic N) is 1. The lowest BCUT2D eigenvalue weighted by Gasteiger charge is -2.21. The van der Waals surface area contributed by atoms with Crippen molar-refractivity contribution in [2.75, 3.05) is 0 Å². The number of aliphatic carboxylic acids is 1. The highest BCUT2D eigenvalue weighted by molar-refractivity contribution is 5.90. The van der Waals surface area contributed by atoms with Gasteiger partial charge < -0.3 is 10.0 Å². The lowest BCUT2D eigenvalue weighted by molar-refractivity contribution is -0.142. The smallest absolute Gasteiger partial charge is 0.307 e. The van der Waals surface area contributed by atoms with Crippen molar-refractivity contribution in [1.29, 1.82) is 0 Å². The highest BCUT2D eigenvalue weighted by Crippen LogP contribution is 2.42. The van der Waals surface area contributed by atoms with Crippen LogP contribution in [0.2, 0.25) is 0 Å². The Morgan fingerprint density at radius 2 is 1.39 bits per heavy atom. The molecule has 1 fully saturated rings. The molecule has 2 aromatic rings. The maximum absolute atomic E-state index is 12.7. The van der Waals surface area contributed by atoms with Crippen LogP contribution < -0.4 is 0 Å². The molecule has 4 heteroatoms. The molecule has 23 heavy (non-hydrogen) atoms. The first-order valence-electron chi connectivity index (χ1n) is 7.83. The van der Waals surface area contributed by atoms with Crippen LogP contribution >= 0.6 is 0 Å². The van der Waals surface area contributed by atoms with E-state index in [1.54, 1.807) is 4.90 Å². The number of benzene rings is 2. The van der Waals surface area contributed by atoms with Gasteiger partial charge in [-0.05, 0) is 28.7 Å². The molecule has 0 radical (unpaired) electrons. The normalized spacial score (nSPS) is 21.8. The number of rotatable bonds is 2. The van der Waals surface area contributed by atoms with Crippen LogP contribution in [-0.4, -0.2) is 21.9 Å². The Kier molecular flexibility index (Phi) is 3.18. The first kappa shape index (κ1) is 14.0. The Hall–Kier alpha value is -2.62. The fourth-order valence-electron chi connectivity index (χ4n) is 3.44. The number of carboxylic acid groups (broad SMARTS) is 1. The minimum atomic E-state index is -0.862. The minimum absolute atomic E-state index is 0.0380. The summed E-state index contributed by atoms with van der Waals surface area (Å²) in [5, 5.41) is 9.07. The average molecular weight is 307 g/mol. The summed E-state index contributed by atoms with van der Waals surface area (Å²) < 4.78 is 0. The van der Waals surface area contributed by atoms with Crippen molar-refractivity contribution in [3.63, 3.8) is 0 Å². The zero-order valence-electron chi connectivity index (χ0n) is 12.6. The van der Waals surface area contributed by atoms with Gasteiger partial charge in [0.1, 0.15) is 0 Å². The van der Waals surface area contributed by atoms with Crippen LogP contribution in [-0.2, 0) is 22.7 Å². The summed E-state index contributed by atoms with van der Waals surface area (Å²) in [7, 11) is 0. The van der Waals surface area contributed by atoms with Crippen LogP contribution in [0.4, 0.5) is 0 Å². The van der Waals surface area contributed by atoms with E-state index in [2.05, 4.69) is 12.1 Å². The summed E-state index contributed by atoms with van der Waals surface area (Å²) in [6.07, 6.45) is 0.466. The molecular formula is C19H17NO3. The second-order valence-electron chi connectivity index (χ2n) is 6.30. The first-order valence-corrected chi connectivity index (χ1v) is 7.83. The minimum Gasteiger partial charge on any atom is -0.481 e. The van der Waals surface area contributed by atoms with Gasteiger partial charge in [-0.15, -0.1) is 0 Å². The van der Waals surface area contributed by atoms with Crippen LogP contribution in [0.25, 0.3) is 11.1 Å². The molecule has 1 aliphatic carbocycles. The Morgan fingerprint density at radius 1 is 0.870 bits per heavy atom. The van der Waals surface area contributed by atoms with Crippen molar-refractivity contribution in [3.05, 3.63) is 59.7 Å². The predicted octanol–water partition coefficient (Wildman–Crippen LogP) is 2.92. The van der Waals surface area contributed by atoms with Gasteiger partial charge in [-0.2, -0.15) is 0 Å². The molecule has 1 aliphatic heterocycles. The zero-order chi connectivity index (χ0) is 16.0. The van der Waals surface area contributed by atoms with Crippen molar-refractivity contribution in [3.8, 4) is 11.1 Å². The number of carbonyl (C=O) groups is 2. The van der Waals surface area contributed by atoms with Crippen LogP contribution in [0.15, 0.2) is 48.5 Å². The molecule has 0 aromatic heterocycles. The standard InChI is InChI=1S/C19H17NO3/c21-18(16-9-17(16)19(22)23)20-10-12-5-1-3-7-14(12)15-8-4-2-6-13(15)11-20/h1-8,16-17H,9-11H2,(H,22,23)/t16-,17+/m1/s1. The molecule has 0 saturated heterocycles. The first-order chi connectivity index (χ1) is 11.1. The Bertz CT molecular complexity index is 751. The molecule has 0 bridgehead atoms. The fraction of sp³-hybridized carbons (Fsp3) is 0.263. The molecule has 116 valence electrons. The van der Waals surface area contributed by atoms with E-state index < -0.39 is 11.9 Å². The lowest BCUT2D eigenvalue weighted by Crippen LogP contribution is -2.31. The van der Waals surface area contributed by atoms with Crippen molar-refractivity contribution < 1.29 is 14.7 Å². The summed E-state index contributed by atoms with van der Waals surface area (Å²) in [6, 6.07) is 16.2. The van der Waals surface area contributed by atoms with E-state index in [1.807, 2.05) is 36.4 Å². The number of hydrogen-bond donors (Lipinski definition) is 1. The summed E-state index contributed by atoms with van der Waals surface area (Å²) >= 11 is 0. The van der Waals surface area contributed by atoms with Gasteiger partial charge in [-0.1, -0.05) is 48.5 Å². The van der Waals surface area contributed by atoms with E-state index in [1.165, 1.54) is 0 Å². The number of fused-ring (bicyclic) bond motifs is 3. The largest absolute Gasteiger partial charge is 0.481 e. The van der Waals surface area contributed by atoms with Crippen LogP contribution in [0.5, 0.6) is 0 Å². The van der Waals surface area contributed by atoms with Gasteiger partial charge in [-0.3, -0.25) is 9.59 Å². The van der Waals surface area contributed by atoms with E-state index in [-0.39, 0.29) is 11.8 Å². The van der Waals surface area contributed by atoms with Crippen molar-refractivity contribution in [1.82, 2.24) is 4.90 Å². The highest BCUT2D eigenvalue weighted by atomic mass is 16.4. The molecule has 0 spiro atoms. The van der Waals surface area contributed by atoms with E-state index in [0.717, 1.165) is 22.3 Å². The molecule has 2 aromatic carbocycles. The Morgan fingerprint density at radius 3 is 1.87 bits per heavy atom. The maximum atomic E-state index is 12.7. The number of carbonyl (C=O) groups excluding carboxylic acids is 1. The van der Waals surface area contributed by atoms with Crippen LogP contribution in [0.1, 0.15) is 17.5 Å². The van der Waals surface area contributed by atoms with Crippen molar-refractivity contribution in [2.45, 2.75) is 19.5 Å². The molecule has 1 heterocycles.